The third kappa shape index (κ3) is 3.29. The Balaban J connectivity index is 2.41. The Hall–Kier alpha value is -0.320. The van der Waals surface area contributed by atoms with E-state index < -0.39 is 11.4 Å². The topological polar surface area (TPSA) is 38.7 Å². The molecule has 0 spiro atoms. The van der Waals surface area contributed by atoms with Crippen LogP contribution < -0.4 is 0 Å². The number of benzene rings is 1. The number of hydrogen-bond acceptors (Lipinski definition) is 3. The van der Waals surface area contributed by atoms with Crippen LogP contribution in [-0.2, 0) is 15.1 Å². The number of aliphatic hydroxyl groups is 1. The van der Waals surface area contributed by atoms with Gasteiger partial charge in [-0.05, 0) is 38.3 Å². The molecule has 5 heteroatoms. The summed E-state index contributed by atoms with van der Waals surface area (Å²) in [4.78, 5) is 0. The van der Waals surface area contributed by atoms with Crippen LogP contribution in [0.3, 0.4) is 0 Å². The van der Waals surface area contributed by atoms with Gasteiger partial charge in [-0.25, -0.2) is 0 Å². The molecule has 1 N–H and O–H groups in total. The highest BCUT2D eigenvalue weighted by atomic mass is 35.5. The third-order valence-corrected chi connectivity index (χ3v) is 4.05. The Kier molecular flexibility index (Phi) is 4.67. The van der Waals surface area contributed by atoms with Crippen LogP contribution in [0.2, 0.25) is 10.0 Å². The van der Waals surface area contributed by atoms with Gasteiger partial charge in [-0.3, -0.25) is 0 Å². The van der Waals surface area contributed by atoms with Crippen molar-refractivity contribution in [2.75, 3.05) is 13.2 Å². The summed E-state index contributed by atoms with van der Waals surface area (Å²) < 4.78 is 11.9. The van der Waals surface area contributed by atoms with Crippen molar-refractivity contribution in [3.8, 4) is 0 Å². The lowest BCUT2D eigenvalue weighted by atomic mass is 9.85. The standard InChI is InChI=1S/C15H20Cl2O3/c1-10(8-18)7-15(9-19-14(2,3)20-15)12-5-4-11(16)6-13(12)17/h4-6,10,18H,7-9H2,1-3H3/t10?,15-/m0/s1. The predicted octanol–water partition coefficient (Wildman–Crippen LogP) is 3.99. The van der Waals surface area contributed by atoms with Crippen molar-refractivity contribution in [2.45, 2.75) is 38.6 Å². The minimum atomic E-state index is -0.669. The van der Waals surface area contributed by atoms with E-state index >= 15 is 0 Å². The van der Waals surface area contributed by atoms with E-state index in [0.29, 0.717) is 23.1 Å². The zero-order chi connectivity index (χ0) is 15.0. The Morgan fingerprint density at radius 2 is 2.05 bits per heavy atom. The summed E-state index contributed by atoms with van der Waals surface area (Å²) in [5.74, 6) is -0.586. The molecule has 3 nitrogen and oxygen atoms in total. The minimum Gasteiger partial charge on any atom is -0.396 e. The predicted molar refractivity (Wildman–Crippen MR) is 80.1 cm³/mol. The average Bonchev–Trinajstić information content (AvgIpc) is 2.65. The highest BCUT2D eigenvalue weighted by Crippen LogP contribution is 2.45. The largest absolute Gasteiger partial charge is 0.396 e. The molecular formula is C15H20Cl2O3. The molecule has 1 unspecified atom stereocenters. The van der Waals surface area contributed by atoms with Crippen LogP contribution in [0.5, 0.6) is 0 Å². The SMILES string of the molecule is CC(CO)C[C@@]1(c2ccc(Cl)cc2Cl)COC(C)(C)O1. The first-order chi connectivity index (χ1) is 9.28. The number of hydrogen-bond donors (Lipinski definition) is 1. The molecule has 0 radical (unpaired) electrons. The second-order valence-corrected chi connectivity index (χ2v) is 6.74. The van der Waals surface area contributed by atoms with Gasteiger partial charge in [-0.1, -0.05) is 36.2 Å². The van der Waals surface area contributed by atoms with E-state index in [9.17, 15) is 5.11 Å². The maximum Gasteiger partial charge on any atom is 0.164 e. The molecule has 0 saturated carbocycles. The molecule has 1 saturated heterocycles. The van der Waals surface area contributed by atoms with Gasteiger partial charge in [0.25, 0.3) is 0 Å². The number of rotatable bonds is 4. The molecule has 0 aliphatic carbocycles. The first-order valence-electron chi connectivity index (χ1n) is 6.68. The molecule has 112 valence electrons. The summed E-state index contributed by atoms with van der Waals surface area (Å²) in [6.45, 7) is 6.23. The Labute approximate surface area is 129 Å². The van der Waals surface area contributed by atoms with E-state index in [1.807, 2.05) is 26.8 Å². The first kappa shape index (κ1) is 16.1. The van der Waals surface area contributed by atoms with Gasteiger partial charge in [0.1, 0.15) is 5.60 Å². The molecule has 2 atom stereocenters. The minimum absolute atomic E-state index is 0.0826. The zero-order valence-electron chi connectivity index (χ0n) is 12.0. The van der Waals surface area contributed by atoms with Gasteiger partial charge in [-0.15, -0.1) is 0 Å². The van der Waals surface area contributed by atoms with E-state index in [0.717, 1.165) is 5.56 Å². The number of ether oxygens (including phenoxy) is 2. The highest BCUT2D eigenvalue weighted by Gasteiger charge is 2.48. The summed E-state index contributed by atoms with van der Waals surface area (Å²) >= 11 is 12.3. The molecule has 20 heavy (non-hydrogen) atoms. The fraction of sp³-hybridized carbons (Fsp3) is 0.600. The number of aliphatic hydroxyl groups excluding tert-OH is 1. The normalized spacial score (nSPS) is 26.7. The van der Waals surface area contributed by atoms with Crippen molar-refractivity contribution in [2.24, 2.45) is 5.92 Å². The lowest BCUT2D eigenvalue weighted by Gasteiger charge is -2.32. The summed E-state index contributed by atoms with van der Waals surface area (Å²) in [5, 5.41) is 10.5. The van der Waals surface area contributed by atoms with Crippen LogP contribution in [-0.4, -0.2) is 24.1 Å². The molecular weight excluding hydrogens is 299 g/mol. The molecule has 0 bridgehead atoms. The highest BCUT2D eigenvalue weighted by molar-refractivity contribution is 6.35. The van der Waals surface area contributed by atoms with Gasteiger partial charge in [0, 0.05) is 22.2 Å². The molecule has 2 rings (SSSR count). The molecule has 1 aromatic carbocycles. The maximum atomic E-state index is 9.35. The van der Waals surface area contributed by atoms with Gasteiger partial charge in [0.05, 0.1) is 6.61 Å². The van der Waals surface area contributed by atoms with E-state index in [4.69, 9.17) is 32.7 Å². The maximum absolute atomic E-state index is 9.35. The fourth-order valence-electron chi connectivity index (χ4n) is 2.65. The van der Waals surface area contributed by atoms with Crippen LogP contribution in [0.15, 0.2) is 18.2 Å². The summed E-state index contributed by atoms with van der Waals surface area (Å²) in [5.41, 5.74) is 0.210. The molecule has 1 aromatic rings. The van der Waals surface area contributed by atoms with Gasteiger partial charge in [0.15, 0.2) is 5.79 Å². The van der Waals surface area contributed by atoms with E-state index in [2.05, 4.69) is 0 Å². The second kappa shape index (κ2) is 5.82. The van der Waals surface area contributed by atoms with Crippen LogP contribution in [0.4, 0.5) is 0 Å². The second-order valence-electron chi connectivity index (χ2n) is 5.90. The Bertz CT molecular complexity index is 490. The summed E-state index contributed by atoms with van der Waals surface area (Å²) in [6.07, 6.45) is 0.633. The Morgan fingerprint density at radius 1 is 1.35 bits per heavy atom. The van der Waals surface area contributed by atoms with E-state index in [1.165, 1.54) is 0 Å². The van der Waals surface area contributed by atoms with Crippen molar-refractivity contribution in [3.05, 3.63) is 33.8 Å². The molecule has 1 aliphatic heterocycles. The van der Waals surface area contributed by atoms with Gasteiger partial charge < -0.3 is 14.6 Å². The van der Waals surface area contributed by atoms with Gasteiger partial charge >= 0.3 is 0 Å². The average molecular weight is 319 g/mol. The zero-order valence-corrected chi connectivity index (χ0v) is 13.5. The molecule has 0 aromatic heterocycles. The lowest BCUT2D eigenvalue weighted by molar-refractivity contribution is -0.168. The third-order valence-electron chi connectivity index (χ3n) is 3.51. The van der Waals surface area contributed by atoms with E-state index in [-0.39, 0.29) is 12.5 Å². The Morgan fingerprint density at radius 3 is 2.55 bits per heavy atom. The number of halogens is 2. The first-order valence-corrected chi connectivity index (χ1v) is 7.44. The van der Waals surface area contributed by atoms with Gasteiger partial charge in [0.2, 0.25) is 0 Å². The van der Waals surface area contributed by atoms with Crippen LogP contribution in [0.25, 0.3) is 0 Å². The van der Waals surface area contributed by atoms with Crippen molar-refractivity contribution < 1.29 is 14.6 Å². The molecule has 1 heterocycles. The fourth-order valence-corrected chi connectivity index (χ4v) is 3.23. The van der Waals surface area contributed by atoms with Crippen LogP contribution in [0, 0.1) is 5.92 Å². The van der Waals surface area contributed by atoms with Crippen LogP contribution in [0.1, 0.15) is 32.8 Å². The van der Waals surface area contributed by atoms with E-state index in [1.54, 1.807) is 12.1 Å². The lowest BCUT2D eigenvalue weighted by Crippen LogP contribution is -2.34. The van der Waals surface area contributed by atoms with Gasteiger partial charge in [-0.2, -0.15) is 0 Å². The summed E-state index contributed by atoms with van der Waals surface area (Å²) in [6, 6.07) is 5.38. The smallest absolute Gasteiger partial charge is 0.164 e. The monoisotopic (exact) mass is 318 g/mol. The van der Waals surface area contributed by atoms with Crippen molar-refractivity contribution >= 4 is 23.2 Å². The molecule has 1 fully saturated rings. The molecule has 1 aliphatic rings. The molecule has 0 amide bonds. The summed E-state index contributed by atoms with van der Waals surface area (Å²) in [7, 11) is 0. The van der Waals surface area contributed by atoms with Crippen molar-refractivity contribution in [3.63, 3.8) is 0 Å². The van der Waals surface area contributed by atoms with Crippen molar-refractivity contribution in [1.29, 1.82) is 0 Å². The van der Waals surface area contributed by atoms with Crippen molar-refractivity contribution in [1.82, 2.24) is 0 Å². The van der Waals surface area contributed by atoms with Crippen LogP contribution >= 0.6 is 23.2 Å². The quantitative estimate of drug-likeness (QED) is 0.912.